The van der Waals surface area contributed by atoms with E-state index in [1.165, 1.54) is 4.90 Å². The van der Waals surface area contributed by atoms with Crippen LogP contribution in [0, 0.1) is 0 Å². The first-order chi connectivity index (χ1) is 10.1. The first-order valence-corrected chi connectivity index (χ1v) is 7.99. The molecule has 21 heavy (non-hydrogen) atoms. The van der Waals surface area contributed by atoms with Crippen LogP contribution >= 0.6 is 11.3 Å². The summed E-state index contributed by atoms with van der Waals surface area (Å²) in [6, 6.07) is 0.981. The Kier molecular flexibility index (Phi) is 3.86. The number of carboxylic acid groups (broad SMARTS) is 1. The fraction of sp³-hybridized carbons (Fsp3) is 0.571. The van der Waals surface area contributed by atoms with Crippen molar-refractivity contribution in [3.8, 4) is 0 Å². The minimum Gasteiger partial charge on any atom is -0.480 e. The van der Waals surface area contributed by atoms with Crippen LogP contribution in [-0.2, 0) is 11.3 Å². The van der Waals surface area contributed by atoms with Crippen LogP contribution in [0.5, 0.6) is 0 Å². The molecule has 3 rings (SSSR count). The number of amides is 2. The Labute approximate surface area is 126 Å². The van der Waals surface area contributed by atoms with E-state index in [2.05, 4.69) is 0 Å². The molecule has 114 valence electrons. The lowest BCUT2D eigenvalue weighted by atomic mass is 10.2. The molecule has 0 radical (unpaired) electrons. The van der Waals surface area contributed by atoms with Crippen LogP contribution in [0.1, 0.15) is 24.8 Å². The summed E-state index contributed by atoms with van der Waals surface area (Å²) < 4.78 is 0. The number of nitrogens with zero attached hydrogens (tertiary/aromatic N) is 2. The molecule has 0 aromatic carbocycles. The quantitative estimate of drug-likeness (QED) is 0.879. The van der Waals surface area contributed by atoms with Crippen LogP contribution in [0.25, 0.3) is 0 Å². The van der Waals surface area contributed by atoms with Gasteiger partial charge in [-0.15, -0.1) is 0 Å². The lowest BCUT2D eigenvalue weighted by molar-refractivity contribution is -0.141. The van der Waals surface area contributed by atoms with Gasteiger partial charge in [-0.1, -0.05) is 0 Å². The summed E-state index contributed by atoms with van der Waals surface area (Å²) in [5, 5.41) is 22.9. The van der Waals surface area contributed by atoms with Crippen LogP contribution in [0.3, 0.4) is 0 Å². The van der Waals surface area contributed by atoms with E-state index in [-0.39, 0.29) is 25.0 Å². The highest BCUT2D eigenvalue weighted by Crippen LogP contribution is 2.31. The Balaban J connectivity index is 1.75. The third kappa shape index (κ3) is 3.03. The molecule has 1 saturated heterocycles. The van der Waals surface area contributed by atoms with Crippen molar-refractivity contribution >= 4 is 23.3 Å². The van der Waals surface area contributed by atoms with E-state index in [1.54, 1.807) is 16.2 Å². The number of aliphatic hydroxyl groups excluding tert-OH is 1. The predicted octanol–water partition coefficient (Wildman–Crippen LogP) is 1.35. The van der Waals surface area contributed by atoms with E-state index in [0.29, 0.717) is 6.54 Å². The first-order valence-electron chi connectivity index (χ1n) is 7.05. The minimum absolute atomic E-state index is 0.0999. The monoisotopic (exact) mass is 310 g/mol. The number of urea groups is 1. The summed E-state index contributed by atoms with van der Waals surface area (Å²) in [5.41, 5.74) is 1.06. The standard InChI is InChI=1S/C14H18N2O4S/c17-11-5-12(13(18)19)16(7-11)14(20)15(10-1-2-10)6-9-3-4-21-8-9/h3-4,8,10-12,17H,1-2,5-7H2,(H,18,19)/t11-,12-/m1/s1. The molecule has 6 nitrogen and oxygen atoms in total. The maximum Gasteiger partial charge on any atom is 0.326 e. The maximum absolute atomic E-state index is 12.7. The first kappa shape index (κ1) is 14.3. The molecule has 2 amide bonds. The third-order valence-electron chi connectivity index (χ3n) is 3.98. The molecule has 2 N–H and O–H groups in total. The second-order valence-corrected chi connectivity index (χ2v) is 6.45. The Morgan fingerprint density at radius 2 is 2.19 bits per heavy atom. The van der Waals surface area contributed by atoms with Crippen LogP contribution in [0.15, 0.2) is 16.8 Å². The number of carbonyl (C=O) groups is 2. The van der Waals surface area contributed by atoms with Gasteiger partial charge in [0, 0.05) is 25.6 Å². The van der Waals surface area contributed by atoms with Gasteiger partial charge < -0.3 is 20.0 Å². The highest BCUT2D eigenvalue weighted by molar-refractivity contribution is 7.07. The van der Waals surface area contributed by atoms with Crippen LogP contribution in [-0.4, -0.2) is 56.7 Å². The van der Waals surface area contributed by atoms with Gasteiger partial charge in [-0.2, -0.15) is 11.3 Å². The second-order valence-electron chi connectivity index (χ2n) is 5.67. The summed E-state index contributed by atoms with van der Waals surface area (Å²) in [5.74, 6) is -1.05. The van der Waals surface area contributed by atoms with Gasteiger partial charge in [0.2, 0.25) is 0 Å². The Morgan fingerprint density at radius 3 is 2.76 bits per heavy atom. The van der Waals surface area contributed by atoms with E-state index < -0.39 is 18.1 Å². The molecule has 2 fully saturated rings. The molecule has 2 heterocycles. The van der Waals surface area contributed by atoms with Crippen molar-refractivity contribution in [2.24, 2.45) is 0 Å². The van der Waals surface area contributed by atoms with Crippen molar-refractivity contribution in [2.45, 2.75) is 44.0 Å². The molecule has 0 unspecified atom stereocenters. The third-order valence-corrected chi connectivity index (χ3v) is 4.71. The van der Waals surface area contributed by atoms with Gasteiger partial charge in [0.15, 0.2) is 0 Å². The molecule has 1 aromatic rings. The number of likely N-dealkylation sites (tertiary alicyclic amines) is 1. The zero-order valence-corrected chi connectivity index (χ0v) is 12.3. The molecular weight excluding hydrogens is 292 g/mol. The number of hydrogen-bond donors (Lipinski definition) is 2. The normalized spacial score (nSPS) is 25.1. The van der Waals surface area contributed by atoms with Gasteiger partial charge in [-0.3, -0.25) is 0 Å². The average Bonchev–Trinajstić information content (AvgIpc) is 2.99. The van der Waals surface area contributed by atoms with Gasteiger partial charge >= 0.3 is 12.0 Å². The fourth-order valence-electron chi connectivity index (χ4n) is 2.74. The average molecular weight is 310 g/mol. The lowest BCUT2D eigenvalue weighted by Crippen LogP contribution is -2.48. The summed E-state index contributed by atoms with van der Waals surface area (Å²) in [6.07, 6.45) is 1.28. The molecule has 1 aromatic heterocycles. The number of rotatable bonds is 4. The van der Waals surface area contributed by atoms with Crippen LogP contribution in [0.4, 0.5) is 4.79 Å². The molecule has 1 aliphatic heterocycles. The van der Waals surface area contributed by atoms with Crippen molar-refractivity contribution in [3.63, 3.8) is 0 Å². The van der Waals surface area contributed by atoms with E-state index in [9.17, 15) is 19.8 Å². The number of carbonyl (C=O) groups excluding carboxylic acids is 1. The summed E-state index contributed by atoms with van der Waals surface area (Å²) in [6.45, 7) is 0.606. The number of aliphatic hydroxyl groups is 1. The van der Waals surface area contributed by atoms with E-state index in [0.717, 1.165) is 18.4 Å². The smallest absolute Gasteiger partial charge is 0.326 e. The van der Waals surface area contributed by atoms with Crippen molar-refractivity contribution in [3.05, 3.63) is 22.4 Å². The Bertz CT molecular complexity index is 529. The van der Waals surface area contributed by atoms with Crippen molar-refractivity contribution in [2.75, 3.05) is 6.54 Å². The maximum atomic E-state index is 12.7. The lowest BCUT2D eigenvalue weighted by Gasteiger charge is -2.30. The highest BCUT2D eigenvalue weighted by atomic mass is 32.1. The minimum atomic E-state index is -1.05. The molecule has 2 aliphatic rings. The Morgan fingerprint density at radius 1 is 1.43 bits per heavy atom. The molecule has 1 saturated carbocycles. The van der Waals surface area contributed by atoms with Gasteiger partial charge in [0.05, 0.1) is 6.10 Å². The van der Waals surface area contributed by atoms with E-state index >= 15 is 0 Å². The molecule has 2 atom stereocenters. The van der Waals surface area contributed by atoms with Gasteiger partial charge in [0.25, 0.3) is 0 Å². The number of aliphatic carboxylic acids is 1. The van der Waals surface area contributed by atoms with Crippen LogP contribution in [0.2, 0.25) is 0 Å². The van der Waals surface area contributed by atoms with Crippen LogP contribution < -0.4 is 0 Å². The SMILES string of the molecule is O=C(O)[C@H]1C[C@@H](O)CN1C(=O)N(Cc1ccsc1)C1CC1. The van der Waals surface area contributed by atoms with Crippen molar-refractivity contribution in [1.29, 1.82) is 0 Å². The summed E-state index contributed by atoms with van der Waals surface area (Å²) in [4.78, 5) is 27.0. The summed E-state index contributed by atoms with van der Waals surface area (Å²) in [7, 11) is 0. The number of carboxylic acids is 1. The van der Waals surface area contributed by atoms with Crippen molar-refractivity contribution < 1.29 is 19.8 Å². The van der Waals surface area contributed by atoms with Gasteiger partial charge in [-0.05, 0) is 35.2 Å². The molecular formula is C14H18N2O4S. The molecule has 7 heteroatoms. The molecule has 0 bridgehead atoms. The number of thiophene rings is 1. The second kappa shape index (κ2) is 5.65. The number of β-amino-alcohol motifs (C(OH)–C–C–N with tert-alkyl or cyclic N) is 1. The largest absolute Gasteiger partial charge is 0.480 e. The summed E-state index contributed by atoms with van der Waals surface area (Å²) >= 11 is 1.58. The molecule has 1 aliphatic carbocycles. The van der Waals surface area contributed by atoms with Gasteiger partial charge in [0.1, 0.15) is 6.04 Å². The van der Waals surface area contributed by atoms with E-state index in [1.807, 2.05) is 16.8 Å². The molecule has 0 spiro atoms. The predicted molar refractivity (Wildman–Crippen MR) is 77.0 cm³/mol. The number of hydrogen-bond acceptors (Lipinski definition) is 4. The fourth-order valence-corrected chi connectivity index (χ4v) is 3.40. The topological polar surface area (TPSA) is 81.1 Å². The van der Waals surface area contributed by atoms with Crippen molar-refractivity contribution in [1.82, 2.24) is 9.80 Å². The highest BCUT2D eigenvalue weighted by Gasteiger charge is 2.43. The van der Waals surface area contributed by atoms with Gasteiger partial charge in [-0.25, -0.2) is 9.59 Å². The zero-order valence-electron chi connectivity index (χ0n) is 11.5. The van der Waals surface area contributed by atoms with E-state index in [4.69, 9.17) is 0 Å². The Hall–Kier alpha value is -1.60. The zero-order chi connectivity index (χ0) is 15.0.